The summed E-state index contributed by atoms with van der Waals surface area (Å²) < 4.78 is 27.2. The highest BCUT2D eigenvalue weighted by atomic mass is 32.2. The highest BCUT2D eigenvalue weighted by molar-refractivity contribution is 7.89. The third kappa shape index (κ3) is 4.33. The Morgan fingerprint density at radius 2 is 1.88 bits per heavy atom. The van der Waals surface area contributed by atoms with E-state index in [0.29, 0.717) is 24.9 Å². The first-order chi connectivity index (χ1) is 11.2. The first-order valence-electron chi connectivity index (χ1n) is 7.87. The fourth-order valence-electron chi connectivity index (χ4n) is 3.02. The molecule has 8 heteroatoms. The van der Waals surface area contributed by atoms with Gasteiger partial charge in [0, 0.05) is 18.7 Å². The van der Waals surface area contributed by atoms with Crippen LogP contribution in [-0.2, 0) is 14.8 Å². The summed E-state index contributed by atoms with van der Waals surface area (Å²) in [5, 5.41) is 2.35. The maximum Gasteiger partial charge on any atom is 0.251 e. The topological polar surface area (TPSA) is 110 Å². The van der Waals surface area contributed by atoms with Crippen molar-refractivity contribution in [2.75, 3.05) is 19.6 Å². The summed E-state index contributed by atoms with van der Waals surface area (Å²) in [6.07, 6.45) is 1.00. The van der Waals surface area contributed by atoms with Crippen LogP contribution in [0, 0.1) is 11.8 Å². The minimum Gasteiger partial charge on any atom is -0.368 e. The maximum atomic E-state index is 12.8. The van der Waals surface area contributed by atoms with Crippen molar-refractivity contribution in [1.82, 2.24) is 9.62 Å². The Bertz CT molecular complexity index is 723. The number of hydrogen-bond acceptors (Lipinski definition) is 4. The van der Waals surface area contributed by atoms with E-state index in [-0.39, 0.29) is 17.0 Å². The number of carbonyl (C=O) groups excluding carboxylic acids is 2. The van der Waals surface area contributed by atoms with Crippen molar-refractivity contribution in [3.63, 3.8) is 0 Å². The van der Waals surface area contributed by atoms with Crippen LogP contribution in [0.25, 0.3) is 0 Å². The molecule has 1 aromatic rings. The number of sulfonamides is 1. The second-order valence-electron chi connectivity index (χ2n) is 6.44. The van der Waals surface area contributed by atoms with Crippen molar-refractivity contribution < 1.29 is 18.0 Å². The van der Waals surface area contributed by atoms with Gasteiger partial charge in [-0.05, 0) is 36.5 Å². The largest absolute Gasteiger partial charge is 0.368 e. The Balaban J connectivity index is 2.23. The lowest BCUT2D eigenvalue weighted by molar-refractivity contribution is -0.117. The third-order valence-electron chi connectivity index (χ3n) is 3.99. The van der Waals surface area contributed by atoms with E-state index in [0.717, 1.165) is 6.42 Å². The Hall–Kier alpha value is -1.93. The zero-order valence-electron chi connectivity index (χ0n) is 13.9. The fourth-order valence-corrected chi connectivity index (χ4v) is 4.74. The number of carbonyl (C=O) groups is 2. The van der Waals surface area contributed by atoms with Crippen molar-refractivity contribution in [2.24, 2.45) is 17.6 Å². The maximum absolute atomic E-state index is 12.8. The molecule has 1 aliphatic heterocycles. The van der Waals surface area contributed by atoms with Gasteiger partial charge in [0.1, 0.15) is 0 Å². The summed E-state index contributed by atoms with van der Waals surface area (Å²) in [4.78, 5) is 22.8. The Morgan fingerprint density at radius 3 is 2.46 bits per heavy atom. The minimum absolute atomic E-state index is 0.0792. The molecule has 1 saturated heterocycles. The molecule has 0 saturated carbocycles. The summed E-state index contributed by atoms with van der Waals surface area (Å²) >= 11 is 0. The first kappa shape index (κ1) is 18.4. The molecule has 1 aromatic carbocycles. The van der Waals surface area contributed by atoms with Gasteiger partial charge in [-0.2, -0.15) is 4.31 Å². The molecule has 132 valence electrons. The zero-order valence-corrected chi connectivity index (χ0v) is 14.7. The standard InChI is InChI=1S/C16H23N3O4S/c1-11-6-12(2)10-19(9-11)24(22,23)14-5-3-4-13(7-14)16(21)18-8-15(17)20/h3-5,7,11-12H,6,8-10H2,1-2H3,(H2,17,20)(H,18,21). The fraction of sp³-hybridized carbons (Fsp3) is 0.500. The van der Waals surface area contributed by atoms with Gasteiger partial charge in [0.05, 0.1) is 11.4 Å². The molecule has 2 unspecified atom stereocenters. The molecule has 0 aromatic heterocycles. The lowest BCUT2D eigenvalue weighted by atomic mass is 9.94. The monoisotopic (exact) mass is 353 g/mol. The predicted octanol–water partition coefficient (Wildman–Crippen LogP) is 0.568. The summed E-state index contributed by atoms with van der Waals surface area (Å²) in [7, 11) is -3.65. The van der Waals surface area contributed by atoms with E-state index in [4.69, 9.17) is 5.73 Å². The molecule has 0 aliphatic carbocycles. The van der Waals surface area contributed by atoms with E-state index in [1.54, 1.807) is 0 Å². The highest BCUT2D eigenvalue weighted by Gasteiger charge is 2.31. The molecule has 24 heavy (non-hydrogen) atoms. The van der Waals surface area contributed by atoms with Crippen LogP contribution in [0.15, 0.2) is 29.2 Å². The third-order valence-corrected chi connectivity index (χ3v) is 5.82. The molecule has 7 nitrogen and oxygen atoms in total. The Morgan fingerprint density at radius 1 is 1.25 bits per heavy atom. The van der Waals surface area contributed by atoms with Crippen LogP contribution in [0.3, 0.4) is 0 Å². The van der Waals surface area contributed by atoms with Gasteiger partial charge in [-0.1, -0.05) is 19.9 Å². The van der Waals surface area contributed by atoms with E-state index in [1.807, 2.05) is 13.8 Å². The van der Waals surface area contributed by atoms with Crippen LogP contribution in [0.2, 0.25) is 0 Å². The molecule has 2 amide bonds. The van der Waals surface area contributed by atoms with Gasteiger partial charge in [0.15, 0.2) is 0 Å². The molecule has 3 N–H and O–H groups in total. The Labute approximate surface area is 142 Å². The van der Waals surface area contributed by atoms with Gasteiger partial charge in [-0.15, -0.1) is 0 Å². The summed E-state index contributed by atoms with van der Waals surface area (Å²) in [6.45, 7) is 4.73. The zero-order chi connectivity index (χ0) is 17.9. The first-order valence-corrected chi connectivity index (χ1v) is 9.31. The molecule has 0 spiro atoms. The number of benzene rings is 1. The number of amides is 2. The van der Waals surface area contributed by atoms with E-state index < -0.39 is 21.8 Å². The molecule has 0 radical (unpaired) electrons. The van der Waals surface area contributed by atoms with Gasteiger partial charge in [-0.25, -0.2) is 8.42 Å². The molecule has 1 aliphatic rings. The number of primary amides is 1. The van der Waals surface area contributed by atoms with E-state index >= 15 is 0 Å². The van der Waals surface area contributed by atoms with Crippen LogP contribution in [0.1, 0.15) is 30.6 Å². The molecule has 1 heterocycles. The number of hydrogen-bond donors (Lipinski definition) is 2. The van der Waals surface area contributed by atoms with E-state index in [9.17, 15) is 18.0 Å². The lowest BCUT2D eigenvalue weighted by Crippen LogP contribution is -2.42. The highest BCUT2D eigenvalue weighted by Crippen LogP contribution is 2.26. The van der Waals surface area contributed by atoms with E-state index in [1.165, 1.54) is 28.6 Å². The second-order valence-corrected chi connectivity index (χ2v) is 8.38. The molecular formula is C16H23N3O4S. The number of rotatable bonds is 5. The van der Waals surface area contributed by atoms with Crippen LogP contribution >= 0.6 is 0 Å². The van der Waals surface area contributed by atoms with Gasteiger partial charge in [-0.3, -0.25) is 9.59 Å². The molecular weight excluding hydrogens is 330 g/mol. The molecule has 1 fully saturated rings. The second kappa shape index (κ2) is 7.31. The number of piperidine rings is 1. The van der Waals surface area contributed by atoms with Gasteiger partial charge >= 0.3 is 0 Å². The molecule has 2 rings (SSSR count). The van der Waals surface area contributed by atoms with Crippen LogP contribution in [-0.4, -0.2) is 44.2 Å². The van der Waals surface area contributed by atoms with Crippen molar-refractivity contribution in [1.29, 1.82) is 0 Å². The summed E-state index contributed by atoms with van der Waals surface area (Å²) in [5.41, 5.74) is 5.16. The smallest absolute Gasteiger partial charge is 0.251 e. The number of nitrogens with two attached hydrogens (primary N) is 1. The number of nitrogens with one attached hydrogen (secondary N) is 1. The van der Waals surface area contributed by atoms with Crippen molar-refractivity contribution in [3.8, 4) is 0 Å². The molecule has 2 atom stereocenters. The average molecular weight is 353 g/mol. The van der Waals surface area contributed by atoms with Crippen molar-refractivity contribution >= 4 is 21.8 Å². The van der Waals surface area contributed by atoms with Gasteiger partial charge in [0.25, 0.3) is 5.91 Å². The quantitative estimate of drug-likeness (QED) is 0.806. The van der Waals surface area contributed by atoms with Crippen molar-refractivity contribution in [2.45, 2.75) is 25.2 Å². The van der Waals surface area contributed by atoms with Crippen LogP contribution in [0.5, 0.6) is 0 Å². The Kier molecular flexibility index (Phi) is 5.61. The SMILES string of the molecule is CC1CC(C)CN(S(=O)(=O)c2cccc(C(=O)NCC(N)=O)c2)C1. The normalized spacial score (nSPS) is 22.1. The van der Waals surface area contributed by atoms with Crippen LogP contribution in [0.4, 0.5) is 0 Å². The number of nitrogens with zero attached hydrogens (tertiary/aromatic N) is 1. The van der Waals surface area contributed by atoms with E-state index in [2.05, 4.69) is 5.32 Å². The summed E-state index contributed by atoms with van der Waals surface area (Å²) in [6, 6.07) is 5.82. The predicted molar refractivity (Wildman–Crippen MR) is 89.7 cm³/mol. The van der Waals surface area contributed by atoms with Crippen molar-refractivity contribution in [3.05, 3.63) is 29.8 Å². The minimum atomic E-state index is -3.65. The van der Waals surface area contributed by atoms with Gasteiger partial charge in [0.2, 0.25) is 15.9 Å². The molecule has 0 bridgehead atoms. The lowest BCUT2D eigenvalue weighted by Gasteiger charge is -2.34. The average Bonchev–Trinajstić information content (AvgIpc) is 2.51. The summed E-state index contributed by atoms with van der Waals surface area (Å²) in [5.74, 6) is -0.606. The van der Waals surface area contributed by atoms with Gasteiger partial charge < -0.3 is 11.1 Å². The van der Waals surface area contributed by atoms with Crippen LogP contribution < -0.4 is 11.1 Å².